The number of fused-ring (bicyclic) bond motifs is 3. The number of hydrogen-bond acceptors (Lipinski definition) is 0. The molecule has 0 aliphatic heterocycles. The Morgan fingerprint density at radius 1 is 1.04 bits per heavy atom. The van der Waals surface area contributed by atoms with Gasteiger partial charge in [-0.05, 0) is 89.2 Å². The van der Waals surface area contributed by atoms with Crippen LogP contribution >= 0.6 is 0 Å². The van der Waals surface area contributed by atoms with E-state index < -0.39 is 0 Å². The Morgan fingerprint density at radius 3 is 2.43 bits per heavy atom. The minimum atomic E-state index is -0.134. The zero-order valence-electron chi connectivity index (χ0n) is 17.3. The highest BCUT2D eigenvalue weighted by atomic mass is 19.1. The Labute approximate surface area is 171 Å². The second-order valence-corrected chi connectivity index (χ2v) is 9.89. The first kappa shape index (κ1) is 21.1. The van der Waals surface area contributed by atoms with Gasteiger partial charge in [0.1, 0.15) is 5.82 Å². The second-order valence-electron chi connectivity index (χ2n) is 9.89. The number of benzene rings is 2. The molecule has 0 nitrogen and oxygen atoms in total. The van der Waals surface area contributed by atoms with Gasteiger partial charge in [-0.15, -0.1) is 0 Å². The number of rotatable bonds is 3. The van der Waals surface area contributed by atoms with E-state index in [1.54, 1.807) is 23.3 Å². The van der Waals surface area contributed by atoms with Gasteiger partial charge in [0.15, 0.2) is 0 Å². The van der Waals surface area contributed by atoms with Crippen LogP contribution in [0.25, 0.3) is 0 Å². The van der Waals surface area contributed by atoms with Crippen LogP contribution in [0.4, 0.5) is 4.39 Å². The summed E-state index contributed by atoms with van der Waals surface area (Å²) < 4.78 is 13.3. The minimum Gasteiger partial charge on any atom is -0.207 e. The lowest BCUT2D eigenvalue weighted by Crippen LogP contribution is -2.50. The molecule has 2 aromatic rings. The van der Waals surface area contributed by atoms with Gasteiger partial charge >= 0.3 is 0 Å². The highest BCUT2D eigenvalue weighted by Gasteiger charge is 2.51. The maximum absolute atomic E-state index is 13.3. The molecule has 0 bridgehead atoms. The monoisotopic (exact) mass is 380 g/mol. The van der Waals surface area contributed by atoms with Crippen molar-refractivity contribution in [3.05, 3.63) is 70.5 Å². The van der Waals surface area contributed by atoms with Gasteiger partial charge in [0.25, 0.3) is 0 Å². The Morgan fingerprint density at radius 2 is 1.75 bits per heavy atom. The largest absolute Gasteiger partial charge is 0.207 e. The molecule has 0 heterocycles. The molecule has 2 aliphatic carbocycles. The first-order valence-electron chi connectivity index (χ1n) is 10.7. The molecule has 0 amide bonds. The number of hydrogen-bond donors (Lipinski definition) is 0. The normalized spacial score (nSPS) is 29.0. The van der Waals surface area contributed by atoms with Crippen molar-refractivity contribution in [1.82, 2.24) is 0 Å². The van der Waals surface area contributed by atoms with Crippen LogP contribution in [0.2, 0.25) is 0 Å². The molecule has 2 aliphatic rings. The van der Waals surface area contributed by atoms with Crippen molar-refractivity contribution in [1.29, 1.82) is 0 Å². The fourth-order valence-electron chi connectivity index (χ4n) is 6.28. The van der Waals surface area contributed by atoms with Crippen molar-refractivity contribution in [3.8, 4) is 0 Å². The third-order valence-electron chi connectivity index (χ3n) is 7.69. The lowest BCUT2D eigenvalue weighted by molar-refractivity contribution is 0.0258. The van der Waals surface area contributed by atoms with Gasteiger partial charge in [-0.1, -0.05) is 71.9 Å². The Bertz CT molecular complexity index is 819. The smallest absolute Gasteiger partial charge is 0.123 e. The summed E-state index contributed by atoms with van der Waals surface area (Å²) in [6, 6.07) is 14.5. The molecule has 3 atom stereocenters. The summed E-state index contributed by atoms with van der Waals surface area (Å²) in [6.07, 6.45) is 7.41. The van der Waals surface area contributed by atoms with Crippen LogP contribution in [-0.4, -0.2) is 0 Å². The molecule has 3 unspecified atom stereocenters. The summed E-state index contributed by atoms with van der Waals surface area (Å²) in [5.74, 6) is 1.15. The van der Waals surface area contributed by atoms with Crippen LogP contribution in [0.1, 0.15) is 89.0 Å². The summed E-state index contributed by atoms with van der Waals surface area (Å²) in [7, 11) is 0. The third kappa shape index (κ3) is 3.53. The standard InChI is InChI=1S/C26H33F.CH4/c1-18(2)20-8-12-23-21(16-20)9-13-24-25(3,14-5-15-26(23,24)4)17-19-6-10-22(27)11-7-19;/h6-8,10-12,16,18,24H,5,9,13-15,17H2,1-4H3;1H4. The van der Waals surface area contributed by atoms with E-state index in [1.165, 1.54) is 43.2 Å². The highest BCUT2D eigenvalue weighted by Crippen LogP contribution is 2.58. The Balaban J connectivity index is 0.00000225. The summed E-state index contributed by atoms with van der Waals surface area (Å²) in [5.41, 5.74) is 6.51. The van der Waals surface area contributed by atoms with Crippen LogP contribution in [0, 0.1) is 17.2 Å². The SMILES string of the molecule is C.CC(C)c1ccc2c(c1)CCC1C(C)(Cc3ccc(F)cc3)CCCC21C. The van der Waals surface area contributed by atoms with E-state index >= 15 is 0 Å². The molecule has 4 rings (SSSR count). The molecule has 0 aromatic heterocycles. The van der Waals surface area contributed by atoms with Crippen molar-refractivity contribution in [3.63, 3.8) is 0 Å². The molecule has 1 saturated carbocycles. The van der Waals surface area contributed by atoms with E-state index in [9.17, 15) is 4.39 Å². The van der Waals surface area contributed by atoms with Gasteiger partial charge in [0.2, 0.25) is 0 Å². The summed E-state index contributed by atoms with van der Waals surface area (Å²) in [6.45, 7) is 9.59. The van der Waals surface area contributed by atoms with Gasteiger partial charge in [-0.2, -0.15) is 0 Å². The van der Waals surface area contributed by atoms with E-state index in [4.69, 9.17) is 0 Å². The molecule has 0 N–H and O–H groups in total. The first-order valence-corrected chi connectivity index (χ1v) is 10.7. The average molecular weight is 381 g/mol. The molecular weight excluding hydrogens is 343 g/mol. The van der Waals surface area contributed by atoms with Crippen LogP contribution < -0.4 is 0 Å². The van der Waals surface area contributed by atoms with Gasteiger partial charge in [-0.25, -0.2) is 4.39 Å². The number of halogens is 1. The Hall–Kier alpha value is -1.63. The zero-order valence-corrected chi connectivity index (χ0v) is 17.3. The summed E-state index contributed by atoms with van der Waals surface area (Å²) in [4.78, 5) is 0. The van der Waals surface area contributed by atoms with Crippen LogP contribution in [0.5, 0.6) is 0 Å². The molecule has 1 heteroatoms. The predicted octanol–water partition coefficient (Wildman–Crippen LogP) is 7.84. The molecule has 2 aromatic carbocycles. The average Bonchev–Trinajstić information content (AvgIpc) is 2.63. The molecule has 0 spiro atoms. The molecule has 0 radical (unpaired) electrons. The molecule has 0 saturated heterocycles. The topological polar surface area (TPSA) is 0 Å². The van der Waals surface area contributed by atoms with Crippen molar-refractivity contribution >= 4 is 0 Å². The molecule has 1 fully saturated rings. The van der Waals surface area contributed by atoms with Crippen molar-refractivity contribution in [2.75, 3.05) is 0 Å². The van der Waals surface area contributed by atoms with Gasteiger partial charge in [0.05, 0.1) is 0 Å². The van der Waals surface area contributed by atoms with Gasteiger partial charge < -0.3 is 0 Å². The first-order chi connectivity index (χ1) is 12.8. The van der Waals surface area contributed by atoms with Crippen molar-refractivity contribution < 1.29 is 4.39 Å². The second kappa shape index (κ2) is 7.65. The quantitative estimate of drug-likeness (QED) is 0.509. The summed E-state index contributed by atoms with van der Waals surface area (Å²) in [5, 5.41) is 0. The molecule has 152 valence electrons. The van der Waals surface area contributed by atoms with Crippen molar-refractivity contribution in [2.24, 2.45) is 11.3 Å². The van der Waals surface area contributed by atoms with E-state index in [-0.39, 0.29) is 18.7 Å². The minimum absolute atomic E-state index is 0. The fourth-order valence-corrected chi connectivity index (χ4v) is 6.28. The fraction of sp³-hybridized carbons (Fsp3) is 0.556. The third-order valence-corrected chi connectivity index (χ3v) is 7.69. The van der Waals surface area contributed by atoms with Gasteiger partial charge in [0, 0.05) is 0 Å². The van der Waals surface area contributed by atoms with E-state index in [1.807, 2.05) is 12.1 Å². The Kier molecular flexibility index (Phi) is 5.76. The predicted molar refractivity (Wildman–Crippen MR) is 118 cm³/mol. The maximum Gasteiger partial charge on any atom is 0.123 e. The maximum atomic E-state index is 13.3. The van der Waals surface area contributed by atoms with Gasteiger partial charge in [-0.3, -0.25) is 0 Å². The lowest BCUT2D eigenvalue weighted by atomic mass is 9.49. The highest BCUT2D eigenvalue weighted by molar-refractivity contribution is 5.42. The zero-order chi connectivity index (χ0) is 19.2. The van der Waals surface area contributed by atoms with Crippen molar-refractivity contribution in [2.45, 2.75) is 85.0 Å². The molecule has 28 heavy (non-hydrogen) atoms. The van der Waals surface area contributed by atoms with Crippen LogP contribution in [-0.2, 0) is 18.3 Å². The molecular formula is C27H37F. The summed E-state index contributed by atoms with van der Waals surface area (Å²) >= 11 is 0. The van der Waals surface area contributed by atoms with Crippen LogP contribution in [0.3, 0.4) is 0 Å². The van der Waals surface area contributed by atoms with E-state index in [0.29, 0.717) is 17.3 Å². The van der Waals surface area contributed by atoms with Crippen LogP contribution in [0.15, 0.2) is 42.5 Å². The van der Waals surface area contributed by atoms with E-state index in [0.717, 1.165) is 6.42 Å². The lowest BCUT2D eigenvalue weighted by Gasteiger charge is -2.56. The van der Waals surface area contributed by atoms with E-state index in [2.05, 4.69) is 45.9 Å². The number of aryl methyl sites for hydroxylation is 1.